The molecule has 0 atom stereocenters. The normalized spacial score (nSPS) is 10.5. The lowest BCUT2D eigenvalue weighted by molar-refractivity contribution is 0.0520. The van der Waals surface area contributed by atoms with E-state index >= 15 is 0 Å². The lowest BCUT2D eigenvalue weighted by atomic mass is 10.3. The minimum absolute atomic E-state index is 0.284. The first kappa shape index (κ1) is 10.2. The fourth-order valence-electron chi connectivity index (χ4n) is 1.20. The van der Waals surface area contributed by atoms with Crippen LogP contribution in [0.25, 0.3) is 11.1 Å². The standard InChI is InChI=1S/C10H8BrNO3/c1-2-14-10(13)7-3-4-8-9(12-7)6(11)5-15-8/h3-5H,2H2,1H3. The van der Waals surface area contributed by atoms with E-state index in [1.165, 1.54) is 6.26 Å². The van der Waals surface area contributed by atoms with Gasteiger partial charge in [0.15, 0.2) is 5.58 Å². The Morgan fingerprint density at radius 3 is 3.13 bits per heavy atom. The summed E-state index contributed by atoms with van der Waals surface area (Å²) in [7, 11) is 0. The highest BCUT2D eigenvalue weighted by molar-refractivity contribution is 9.10. The summed E-state index contributed by atoms with van der Waals surface area (Å²) >= 11 is 3.28. The van der Waals surface area contributed by atoms with Crippen molar-refractivity contribution in [2.45, 2.75) is 6.92 Å². The second-order valence-corrected chi connectivity index (χ2v) is 3.70. The van der Waals surface area contributed by atoms with Crippen LogP contribution >= 0.6 is 15.9 Å². The predicted octanol–water partition coefficient (Wildman–Crippen LogP) is 2.77. The van der Waals surface area contributed by atoms with Gasteiger partial charge in [0.2, 0.25) is 0 Å². The van der Waals surface area contributed by atoms with Gasteiger partial charge in [-0.1, -0.05) is 0 Å². The number of ether oxygens (including phenoxy) is 1. The predicted molar refractivity (Wildman–Crippen MR) is 57.7 cm³/mol. The first-order valence-electron chi connectivity index (χ1n) is 4.43. The molecule has 0 saturated carbocycles. The molecule has 2 heterocycles. The van der Waals surface area contributed by atoms with Gasteiger partial charge in [0.1, 0.15) is 17.5 Å². The summed E-state index contributed by atoms with van der Waals surface area (Å²) < 4.78 is 10.8. The molecular formula is C10H8BrNO3. The Morgan fingerprint density at radius 2 is 2.40 bits per heavy atom. The van der Waals surface area contributed by atoms with Crippen LogP contribution in [0, 0.1) is 0 Å². The SMILES string of the molecule is CCOC(=O)c1ccc2occ(Br)c2n1. The first-order valence-corrected chi connectivity index (χ1v) is 5.22. The van der Waals surface area contributed by atoms with E-state index in [2.05, 4.69) is 20.9 Å². The summed E-state index contributed by atoms with van der Waals surface area (Å²) in [5, 5.41) is 0. The number of nitrogens with zero attached hydrogens (tertiary/aromatic N) is 1. The number of halogens is 1. The third kappa shape index (κ3) is 1.87. The third-order valence-electron chi connectivity index (χ3n) is 1.86. The number of hydrogen-bond acceptors (Lipinski definition) is 4. The molecule has 0 aromatic carbocycles. The van der Waals surface area contributed by atoms with E-state index < -0.39 is 5.97 Å². The Labute approximate surface area is 94.4 Å². The molecule has 78 valence electrons. The maximum atomic E-state index is 11.4. The van der Waals surface area contributed by atoms with Crippen molar-refractivity contribution in [2.24, 2.45) is 0 Å². The van der Waals surface area contributed by atoms with Gasteiger partial charge in [0.05, 0.1) is 11.1 Å². The lowest BCUT2D eigenvalue weighted by Gasteiger charge is -1.99. The number of furan rings is 1. The van der Waals surface area contributed by atoms with E-state index in [4.69, 9.17) is 9.15 Å². The number of fused-ring (bicyclic) bond motifs is 1. The van der Waals surface area contributed by atoms with Crippen LogP contribution in [-0.4, -0.2) is 17.6 Å². The maximum absolute atomic E-state index is 11.4. The molecule has 0 aliphatic heterocycles. The molecule has 0 fully saturated rings. The molecule has 2 rings (SSSR count). The van der Waals surface area contributed by atoms with Gasteiger partial charge in [0.25, 0.3) is 0 Å². The third-order valence-corrected chi connectivity index (χ3v) is 2.42. The average Bonchev–Trinajstić information content (AvgIpc) is 2.60. The van der Waals surface area contributed by atoms with Crippen molar-refractivity contribution in [1.82, 2.24) is 4.98 Å². The Morgan fingerprint density at radius 1 is 1.60 bits per heavy atom. The highest BCUT2D eigenvalue weighted by Gasteiger charge is 2.11. The van der Waals surface area contributed by atoms with Crippen molar-refractivity contribution >= 4 is 33.0 Å². The monoisotopic (exact) mass is 269 g/mol. The van der Waals surface area contributed by atoms with Crippen LogP contribution in [0.3, 0.4) is 0 Å². The summed E-state index contributed by atoms with van der Waals surface area (Å²) in [4.78, 5) is 15.5. The van der Waals surface area contributed by atoms with Crippen LogP contribution in [0.2, 0.25) is 0 Å². The van der Waals surface area contributed by atoms with Crippen molar-refractivity contribution in [2.75, 3.05) is 6.61 Å². The van der Waals surface area contributed by atoms with E-state index in [1.807, 2.05) is 0 Å². The zero-order valence-corrected chi connectivity index (χ0v) is 9.58. The zero-order valence-electron chi connectivity index (χ0n) is 7.99. The number of rotatable bonds is 2. The van der Waals surface area contributed by atoms with E-state index in [9.17, 15) is 4.79 Å². The Kier molecular flexibility index (Phi) is 2.73. The Hall–Kier alpha value is -1.36. The number of aromatic nitrogens is 1. The van der Waals surface area contributed by atoms with Gasteiger partial charge in [-0.2, -0.15) is 0 Å². The van der Waals surface area contributed by atoms with Gasteiger partial charge in [-0.05, 0) is 35.0 Å². The average molecular weight is 270 g/mol. The van der Waals surface area contributed by atoms with Crippen molar-refractivity contribution in [1.29, 1.82) is 0 Å². The minimum Gasteiger partial charge on any atom is -0.461 e. The van der Waals surface area contributed by atoms with Crippen LogP contribution in [-0.2, 0) is 4.74 Å². The molecular weight excluding hydrogens is 262 g/mol. The number of carbonyl (C=O) groups is 1. The summed E-state index contributed by atoms with van der Waals surface area (Å²) in [5.41, 5.74) is 1.54. The highest BCUT2D eigenvalue weighted by atomic mass is 79.9. The molecule has 0 amide bonds. The molecule has 0 aliphatic carbocycles. The second-order valence-electron chi connectivity index (χ2n) is 2.85. The molecule has 0 unspecified atom stereocenters. The lowest BCUT2D eigenvalue weighted by Crippen LogP contribution is -2.06. The van der Waals surface area contributed by atoms with E-state index in [0.717, 1.165) is 4.47 Å². The van der Waals surface area contributed by atoms with Gasteiger partial charge in [-0.15, -0.1) is 0 Å². The fraction of sp³-hybridized carbons (Fsp3) is 0.200. The molecule has 0 bridgehead atoms. The summed E-state index contributed by atoms with van der Waals surface area (Å²) in [5.74, 6) is -0.424. The van der Waals surface area contributed by atoms with Crippen LogP contribution in [0.5, 0.6) is 0 Å². The number of hydrogen-bond donors (Lipinski definition) is 0. The number of carbonyl (C=O) groups excluding carboxylic acids is 1. The number of esters is 1. The van der Waals surface area contributed by atoms with Gasteiger partial charge < -0.3 is 9.15 Å². The minimum atomic E-state index is -0.424. The summed E-state index contributed by atoms with van der Waals surface area (Å²) in [6.45, 7) is 2.09. The van der Waals surface area contributed by atoms with Gasteiger partial charge in [-0.25, -0.2) is 9.78 Å². The van der Waals surface area contributed by atoms with Crippen LogP contribution in [0.4, 0.5) is 0 Å². The van der Waals surface area contributed by atoms with Gasteiger partial charge in [-0.3, -0.25) is 0 Å². The quantitative estimate of drug-likeness (QED) is 0.787. The molecule has 4 nitrogen and oxygen atoms in total. The molecule has 0 aliphatic rings. The first-order chi connectivity index (χ1) is 7.22. The van der Waals surface area contributed by atoms with Crippen molar-refractivity contribution in [3.63, 3.8) is 0 Å². The van der Waals surface area contributed by atoms with Crippen LogP contribution in [0.15, 0.2) is 27.3 Å². The second kappa shape index (κ2) is 4.02. The van der Waals surface area contributed by atoms with Crippen molar-refractivity contribution < 1.29 is 13.9 Å². The Bertz CT molecular complexity index is 506. The Balaban J connectivity index is 2.45. The van der Waals surface area contributed by atoms with Crippen molar-refractivity contribution in [3.8, 4) is 0 Å². The molecule has 2 aromatic rings. The van der Waals surface area contributed by atoms with Crippen molar-refractivity contribution in [3.05, 3.63) is 28.6 Å². The van der Waals surface area contributed by atoms with Gasteiger partial charge in [0, 0.05) is 0 Å². The highest BCUT2D eigenvalue weighted by Crippen LogP contribution is 2.24. The molecule has 0 saturated heterocycles. The van der Waals surface area contributed by atoms with Crippen LogP contribution < -0.4 is 0 Å². The smallest absolute Gasteiger partial charge is 0.356 e. The fourth-order valence-corrected chi connectivity index (χ4v) is 1.58. The topological polar surface area (TPSA) is 52.3 Å². The molecule has 15 heavy (non-hydrogen) atoms. The van der Waals surface area contributed by atoms with Gasteiger partial charge >= 0.3 is 5.97 Å². The molecule has 0 spiro atoms. The van der Waals surface area contributed by atoms with Crippen LogP contribution in [0.1, 0.15) is 17.4 Å². The van der Waals surface area contributed by atoms with E-state index in [0.29, 0.717) is 17.7 Å². The van der Waals surface area contributed by atoms with E-state index in [1.54, 1.807) is 19.1 Å². The molecule has 0 N–H and O–H groups in total. The molecule has 0 radical (unpaired) electrons. The summed E-state index contributed by atoms with van der Waals surface area (Å²) in [6.07, 6.45) is 1.53. The maximum Gasteiger partial charge on any atom is 0.356 e. The largest absolute Gasteiger partial charge is 0.461 e. The van der Waals surface area contributed by atoms with E-state index in [-0.39, 0.29) is 5.69 Å². The molecule has 2 aromatic heterocycles. The summed E-state index contributed by atoms with van der Waals surface area (Å²) in [6, 6.07) is 3.27. The zero-order chi connectivity index (χ0) is 10.8. The number of pyridine rings is 1. The molecule has 5 heteroatoms.